The van der Waals surface area contributed by atoms with Crippen LogP contribution in [0.2, 0.25) is 0 Å². The van der Waals surface area contributed by atoms with Gasteiger partial charge in [0.2, 0.25) is 5.95 Å². The first-order valence-electron chi connectivity index (χ1n) is 12.4. The lowest BCUT2D eigenvalue weighted by Gasteiger charge is -2.29. The monoisotopic (exact) mass is 445 g/mol. The van der Waals surface area contributed by atoms with Crippen LogP contribution in [-0.4, -0.2) is 46.5 Å². The molecule has 0 bridgehead atoms. The van der Waals surface area contributed by atoms with Crippen LogP contribution in [0.1, 0.15) is 60.1 Å². The first-order chi connectivity index (χ1) is 16.1. The number of nitrogens with zero attached hydrogens (tertiary/aromatic N) is 3. The third-order valence-electron chi connectivity index (χ3n) is 7.23. The van der Waals surface area contributed by atoms with Gasteiger partial charge in [-0.15, -0.1) is 0 Å². The summed E-state index contributed by atoms with van der Waals surface area (Å²) in [6.45, 7) is 9.53. The van der Waals surface area contributed by atoms with Crippen molar-refractivity contribution in [3.8, 4) is 0 Å². The third-order valence-corrected chi connectivity index (χ3v) is 7.23. The van der Waals surface area contributed by atoms with Gasteiger partial charge in [-0.05, 0) is 68.4 Å². The number of piperazine rings is 1. The van der Waals surface area contributed by atoms with Gasteiger partial charge in [0.25, 0.3) is 5.91 Å². The van der Waals surface area contributed by atoms with Crippen molar-refractivity contribution >= 4 is 22.9 Å². The van der Waals surface area contributed by atoms with E-state index in [4.69, 9.17) is 4.98 Å². The molecule has 1 aliphatic heterocycles. The number of aryl methyl sites for hydroxylation is 1. The van der Waals surface area contributed by atoms with Gasteiger partial charge in [0.05, 0.1) is 11.0 Å². The number of carbonyl (C=O) groups is 1. The maximum Gasteiger partial charge on any atom is 0.257 e. The number of benzene rings is 2. The van der Waals surface area contributed by atoms with Gasteiger partial charge in [-0.3, -0.25) is 15.0 Å². The number of aromatic nitrogens is 2. The van der Waals surface area contributed by atoms with E-state index >= 15 is 0 Å². The van der Waals surface area contributed by atoms with Crippen LogP contribution >= 0.6 is 0 Å². The summed E-state index contributed by atoms with van der Waals surface area (Å²) in [5, 5.41) is 6.56. The molecule has 6 nitrogen and oxygen atoms in total. The zero-order chi connectivity index (χ0) is 22.8. The Labute approximate surface area is 196 Å². The maximum atomic E-state index is 13.1. The fourth-order valence-corrected chi connectivity index (χ4v) is 5.29. The number of rotatable bonds is 5. The van der Waals surface area contributed by atoms with Gasteiger partial charge >= 0.3 is 0 Å². The van der Waals surface area contributed by atoms with E-state index in [1.54, 1.807) is 0 Å². The normalized spacial score (nSPS) is 21.9. The van der Waals surface area contributed by atoms with E-state index in [0.29, 0.717) is 17.6 Å². The third kappa shape index (κ3) is 4.97. The lowest BCUT2D eigenvalue weighted by Crippen LogP contribution is -2.42. The van der Waals surface area contributed by atoms with Gasteiger partial charge in [0.1, 0.15) is 0 Å². The molecule has 2 aromatic carbocycles. The van der Waals surface area contributed by atoms with Gasteiger partial charge in [-0.1, -0.05) is 30.7 Å². The molecule has 1 aliphatic carbocycles. The second-order valence-corrected chi connectivity index (χ2v) is 9.89. The summed E-state index contributed by atoms with van der Waals surface area (Å²) in [5.74, 6) is 1.35. The van der Waals surface area contributed by atoms with Crippen LogP contribution in [0, 0.1) is 12.8 Å². The van der Waals surface area contributed by atoms with Crippen molar-refractivity contribution < 1.29 is 4.79 Å². The highest BCUT2D eigenvalue weighted by Crippen LogP contribution is 2.36. The second-order valence-electron chi connectivity index (χ2n) is 9.89. The first-order valence-corrected chi connectivity index (χ1v) is 12.4. The predicted molar refractivity (Wildman–Crippen MR) is 134 cm³/mol. The summed E-state index contributed by atoms with van der Waals surface area (Å²) < 4.78 is 2.30. The number of fused-ring (bicyclic) bond motifs is 1. The average molecular weight is 446 g/mol. The molecule has 1 aromatic heterocycles. The summed E-state index contributed by atoms with van der Waals surface area (Å²) in [7, 11) is 0. The quantitative estimate of drug-likeness (QED) is 0.595. The molecule has 1 amide bonds. The van der Waals surface area contributed by atoms with Crippen molar-refractivity contribution in [3.63, 3.8) is 0 Å². The molecule has 0 atom stereocenters. The predicted octanol–water partition coefficient (Wildman–Crippen LogP) is 4.75. The molecule has 1 saturated heterocycles. The number of imidazole rings is 1. The molecule has 1 saturated carbocycles. The van der Waals surface area contributed by atoms with Gasteiger partial charge in [0, 0.05) is 44.3 Å². The molecule has 5 rings (SSSR count). The van der Waals surface area contributed by atoms with Crippen LogP contribution in [-0.2, 0) is 6.54 Å². The lowest BCUT2D eigenvalue weighted by atomic mass is 9.87. The Balaban J connectivity index is 1.47. The van der Waals surface area contributed by atoms with E-state index in [2.05, 4.69) is 45.2 Å². The molecular formula is C27H35N5O. The van der Waals surface area contributed by atoms with Crippen molar-refractivity contribution in [3.05, 3.63) is 59.2 Å². The van der Waals surface area contributed by atoms with Crippen molar-refractivity contribution in [2.75, 3.05) is 31.5 Å². The SMILES string of the molecule is Cc1cccc(C(=O)Nc2nc3cc(CN4CCNCC4)ccc3n2C2CCC(C)CC2)c1. The highest BCUT2D eigenvalue weighted by Gasteiger charge is 2.25. The first kappa shape index (κ1) is 22.1. The Hall–Kier alpha value is -2.70. The number of hydrogen-bond donors (Lipinski definition) is 2. The summed E-state index contributed by atoms with van der Waals surface area (Å²) in [5.41, 5.74) is 5.13. The molecule has 174 valence electrons. The second kappa shape index (κ2) is 9.65. The van der Waals surface area contributed by atoms with Crippen molar-refractivity contribution in [1.29, 1.82) is 0 Å². The van der Waals surface area contributed by atoms with E-state index < -0.39 is 0 Å². The fourth-order valence-electron chi connectivity index (χ4n) is 5.29. The molecule has 0 unspecified atom stereocenters. The minimum Gasteiger partial charge on any atom is -0.314 e. The van der Waals surface area contributed by atoms with Gasteiger partial charge in [-0.25, -0.2) is 4.98 Å². The largest absolute Gasteiger partial charge is 0.314 e. The molecule has 33 heavy (non-hydrogen) atoms. The Bertz CT molecular complexity index is 1120. The highest BCUT2D eigenvalue weighted by molar-refractivity contribution is 6.04. The molecule has 2 fully saturated rings. The van der Waals surface area contributed by atoms with E-state index in [-0.39, 0.29) is 5.91 Å². The van der Waals surface area contributed by atoms with Crippen LogP contribution < -0.4 is 10.6 Å². The van der Waals surface area contributed by atoms with Crippen molar-refractivity contribution in [1.82, 2.24) is 19.8 Å². The van der Waals surface area contributed by atoms with Crippen molar-refractivity contribution in [2.45, 2.75) is 52.1 Å². The summed E-state index contributed by atoms with van der Waals surface area (Å²) in [6, 6.07) is 14.8. The topological polar surface area (TPSA) is 62.2 Å². The van der Waals surface area contributed by atoms with Crippen LogP contribution in [0.25, 0.3) is 11.0 Å². The molecule has 6 heteroatoms. The van der Waals surface area contributed by atoms with E-state index in [1.807, 2.05) is 31.2 Å². The number of amides is 1. The Kier molecular flexibility index (Phi) is 6.47. The van der Waals surface area contributed by atoms with Crippen molar-refractivity contribution in [2.24, 2.45) is 5.92 Å². The Morgan fingerprint density at radius 1 is 1.09 bits per heavy atom. The van der Waals surface area contributed by atoms with Crippen LogP contribution in [0.4, 0.5) is 5.95 Å². The van der Waals surface area contributed by atoms with E-state index in [0.717, 1.165) is 68.1 Å². The van der Waals surface area contributed by atoms with Gasteiger partial charge < -0.3 is 9.88 Å². The number of hydrogen-bond acceptors (Lipinski definition) is 4. The van der Waals surface area contributed by atoms with Crippen LogP contribution in [0.5, 0.6) is 0 Å². The molecule has 2 aliphatic rings. The fraction of sp³-hybridized carbons (Fsp3) is 0.481. The molecule has 2 N–H and O–H groups in total. The highest BCUT2D eigenvalue weighted by atomic mass is 16.1. The zero-order valence-electron chi connectivity index (χ0n) is 19.8. The summed E-state index contributed by atoms with van der Waals surface area (Å²) in [4.78, 5) is 20.5. The average Bonchev–Trinajstić information content (AvgIpc) is 3.17. The van der Waals surface area contributed by atoms with Gasteiger partial charge in [0.15, 0.2) is 0 Å². The smallest absolute Gasteiger partial charge is 0.257 e. The van der Waals surface area contributed by atoms with Crippen LogP contribution in [0.3, 0.4) is 0 Å². The minimum absolute atomic E-state index is 0.0968. The zero-order valence-corrected chi connectivity index (χ0v) is 19.8. The lowest BCUT2D eigenvalue weighted by molar-refractivity contribution is 0.102. The van der Waals surface area contributed by atoms with E-state index in [1.165, 1.54) is 18.4 Å². The number of nitrogens with one attached hydrogen (secondary N) is 2. The van der Waals surface area contributed by atoms with Crippen LogP contribution in [0.15, 0.2) is 42.5 Å². The molecular weight excluding hydrogens is 410 g/mol. The molecule has 0 spiro atoms. The summed E-state index contributed by atoms with van der Waals surface area (Å²) in [6.07, 6.45) is 4.69. The molecule has 2 heterocycles. The minimum atomic E-state index is -0.0968. The Morgan fingerprint density at radius 2 is 1.88 bits per heavy atom. The Morgan fingerprint density at radius 3 is 2.64 bits per heavy atom. The maximum absolute atomic E-state index is 13.1. The molecule has 3 aromatic rings. The van der Waals surface area contributed by atoms with E-state index in [9.17, 15) is 4.79 Å². The summed E-state index contributed by atoms with van der Waals surface area (Å²) >= 11 is 0. The molecule has 0 radical (unpaired) electrons. The number of anilines is 1. The van der Waals surface area contributed by atoms with Gasteiger partial charge in [-0.2, -0.15) is 0 Å². The standard InChI is InChI=1S/C27H35N5O/c1-19-6-9-23(10-7-19)32-25-11-8-21(18-31-14-12-28-13-15-31)17-24(25)29-27(32)30-26(33)22-5-3-4-20(2)16-22/h3-5,8,11,16-17,19,23,28H,6-7,9-10,12-15,18H2,1-2H3,(H,29,30,33). The number of carbonyl (C=O) groups excluding carboxylic acids is 1.